The van der Waals surface area contributed by atoms with E-state index in [0.717, 1.165) is 5.56 Å². The van der Waals surface area contributed by atoms with Crippen LogP contribution in [0.15, 0.2) is 48.5 Å². The first-order valence-corrected chi connectivity index (χ1v) is 7.12. The van der Waals surface area contributed by atoms with Crippen LogP contribution >= 0.6 is 0 Å². The van der Waals surface area contributed by atoms with E-state index in [2.05, 4.69) is 0 Å². The van der Waals surface area contributed by atoms with Crippen LogP contribution in [-0.4, -0.2) is 23.5 Å². The van der Waals surface area contributed by atoms with Crippen molar-refractivity contribution in [1.29, 1.82) is 5.26 Å². The second-order valence-corrected chi connectivity index (χ2v) is 5.13. The van der Waals surface area contributed by atoms with E-state index < -0.39 is 5.97 Å². The lowest BCUT2D eigenvalue weighted by Crippen LogP contribution is -2.33. The lowest BCUT2D eigenvalue weighted by atomic mass is 10.1. The van der Waals surface area contributed by atoms with Gasteiger partial charge >= 0.3 is 5.97 Å². The molecule has 0 saturated heterocycles. The first-order valence-electron chi connectivity index (χ1n) is 7.12. The molecular weight excluding hydrogens is 292 g/mol. The minimum atomic E-state index is -0.983. The highest BCUT2D eigenvalue weighted by molar-refractivity contribution is 6.06. The van der Waals surface area contributed by atoms with Crippen molar-refractivity contribution in [3.8, 4) is 6.07 Å². The van der Waals surface area contributed by atoms with E-state index in [0.29, 0.717) is 16.8 Å². The van der Waals surface area contributed by atoms with Gasteiger partial charge in [-0.1, -0.05) is 23.8 Å². The molecule has 2 rings (SSSR count). The minimum absolute atomic E-state index is 0.0386. The van der Waals surface area contributed by atoms with Gasteiger partial charge in [0, 0.05) is 17.8 Å². The highest BCUT2D eigenvalue weighted by atomic mass is 16.4. The Morgan fingerprint density at radius 2 is 1.87 bits per heavy atom. The summed E-state index contributed by atoms with van der Waals surface area (Å²) >= 11 is 0. The number of hydrogen-bond donors (Lipinski definition) is 1. The van der Waals surface area contributed by atoms with Crippen molar-refractivity contribution in [3.63, 3.8) is 0 Å². The molecule has 2 aromatic rings. The number of benzene rings is 2. The number of aliphatic carboxylic acids is 1. The molecule has 0 radical (unpaired) electrons. The number of hydrogen-bond acceptors (Lipinski definition) is 3. The van der Waals surface area contributed by atoms with Crippen molar-refractivity contribution in [2.24, 2.45) is 0 Å². The number of rotatable bonds is 5. The largest absolute Gasteiger partial charge is 0.481 e. The predicted molar refractivity (Wildman–Crippen MR) is 86.3 cm³/mol. The lowest BCUT2D eigenvalue weighted by molar-refractivity contribution is -0.136. The van der Waals surface area contributed by atoms with Gasteiger partial charge in [0.15, 0.2) is 0 Å². The van der Waals surface area contributed by atoms with Gasteiger partial charge in [-0.05, 0) is 37.3 Å². The standard InChI is InChI=1S/C18H16N2O3/c1-13-5-7-15(8-6-13)18(23)20(10-9-17(21)22)16-4-2-3-14(11-16)12-19/h2-8,11H,9-10H2,1H3,(H,21,22). The van der Waals surface area contributed by atoms with Gasteiger partial charge < -0.3 is 10.0 Å². The number of carboxylic acids is 1. The van der Waals surface area contributed by atoms with Gasteiger partial charge in [-0.15, -0.1) is 0 Å². The summed E-state index contributed by atoms with van der Waals surface area (Å²) in [5.74, 6) is -1.27. The zero-order chi connectivity index (χ0) is 16.8. The van der Waals surface area contributed by atoms with Crippen LogP contribution < -0.4 is 4.90 Å². The molecule has 0 aliphatic carbocycles. The SMILES string of the molecule is Cc1ccc(C(=O)N(CCC(=O)O)c2cccc(C#N)c2)cc1. The third-order valence-corrected chi connectivity index (χ3v) is 3.38. The van der Waals surface area contributed by atoms with Crippen molar-refractivity contribution in [1.82, 2.24) is 0 Å². The lowest BCUT2D eigenvalue weighted by Gasteiger charge is -2.22. The Labute approximate surface area is 134 Å². The molecule has 0 fully saturated rings. The number of carboxylic acid groups (broad SMARTS) is 1. The fourth-order valence-electron chi connectivity index (χ4n) is 2.15. The maximum Gasteiger partial charge on any atom is 0.305 e. The summed E-state index contributed by atoms with van der Waals surface area (Å²) in [5.41, 5.74) is 2.43. The predicted octanol–water partition coefficient (Wildman–Crippen LogP) is 2.99. The van der Waals surface area contributed by atoms with Crippen LogP contribution in [-0.2, 0) is 4.79 Å². The third kappa shape index (κ3) is 4.17. The van der Waals surface area contributed by atoms with E-state index in [4.69, 9.17) is 10.4 Å². The monoisotopic (exact) mass is 308 g/mol. The highest BCUT2D eigenvalue weighted by Crippen LogP contribution is 2.19. The van der Waals surface area contributed by atoms with Crippen LogP contribution in [0.1, 0.15) is 27.9 Å². The fraction of sp³-hybridized carbons (Fsp3) is 0.167. The second-order valence-electron chi connectivity index (χ2n) is 5.13. The Balaban J connectivity index is 2.36. The topological polar surface area (TPSA) is 81.4 Å². The first-order chi connectivity index (χ1) is 11.0. The zero-order valence-corrected chi connectivity index (χ0v) is 12.7. The molecule has 0 unspecified atom stereocenters. The Morgan fingerprint density at radius 1 is 1.17 bits per heavy atom. The number of nitriles is 1. The number of carbonyl (C=O) groups is 2. The Morgan fingerprint density at radius 3 is 2.48 bits per heavy atom. The molecule has 23 heavy (non-hydrogen) atoms. The van der Waals surface area contributed by atoms with Crippen molar-refractivity contribution in [3.05, 3.63) is 65.2 Å². The summed E-state index contributed by atoms with van der Waals surface area (Å²) in [6, 6.07) is 15.7. The molecule has 5 heteroatoms. The average molecular weight is 308 g/mol. The zero-order valence-electron chi connectivity index (χ0n) is 12.7. The molecule has 0 saturated carbocycles. The quantitative estimate of drug-likeness (QED) is 0.920. The maximum atomic E-state index is 12.7. The minimum Gasteiger partial charge on any atom is -0.481 e. The van der Waals surface area contributed by atoms with Crippen LogP contribution in [0.25, 0.3) is 0 Å². The normalized spacial score (nSPS) is 9.91. The van der Waals surface area contributed by atoms with Gasteiger partial charge in [0.1, 0.15) is 0 Å². The Hall–Kier alpha value is -3.13. The van der Waals surface area contributed by atoms with E-state index in [9.17, 15) is 9.59 Å². The molecule has 0 aliphatic heterocycles. The van der Waals surface area contributed by atoms with Crippen LogP contribution in [0.3, 0.4) is 0 Å². The molecule has 0 heterocycles. The molecule has 116 valence electrons. The van der Waals surface area contributed by atoms with Gasteiger partial charge in [-0.25, -0.2) is 0 Å². The van der Waals surface area contributed by atoms with Crippen molar-refractivity contribution in [2.75, 3.05) is 11.4 Å². The van der Waals surface area contributed by atoms with Crippen molar-refractivity contribution in [2.45, 2.75) is 13.3 Å². The van der Waals surface area contributed by atoms with Gasteiger partial charge in [-0.3, -0.25) is 9.59 Å². The number of carbonyl (C=O) groups excluding carboxylic acids is 1. The van der Waals surface area contributed by atoms with Gasteiger partial charge in [0.05, 0.1) is 18.1 Å². The smallest absolute Gasteiger partial charge is 0.305 e. The summed E-state index contributed by atoms with van der Waals surface area (Å²) < 4.78 is 0. The first kappa shape index (κ1) is 16.2. The van der Waals surface area contributed by atoms with Gasteiger partial charge in [0.2, 0.25) is 0 Å². The number of nitrogens with zero attached hydrogens (tertiary/aromatic N) is 2. The van der Waals surface area contributed by atoms with Crippen LogP contribution in [0.4, 0.5) is 5.69 Å². The van der Waals surface area contributed by atoms with E-state index in [1.165, 1.54) is 4.90 Å². The van der Waals surface area contributed by atoms with Crippen molar-refractivity contribution >= 4 is 17.6 Å². The molecule has 0 spiro atoms. The number of amides is 1. The summed E-state index contributed by atoms with van der Waals surface area (Å²) in [7, 11) is 0. The van der Waals surface area contributed by atoms with Crippen LogP contribution in [0.2, 0.25) is 0 Å². The van der Waals surface area contributed by atoms with E-state index >= 15 is 0 Å². The maximum absolute atomic E-state index is 12.7. The molecular formula is C18H16N2O3. The number of anilines is 1. The summed E-state index contributed by atoms with van der Waals surface area (Å²) in [6.45, 7) is 1.96. The molecule has 0 aliphatic rings. The van der Waals surface area contributed by atoms with Gasteiger partial charge in [0.25, 0.3) is 5.91 Å². The van der Waals surface area contributed by atoms with E-state index in [1.807, 2.05) is 25.1 Å². The molecule has 1 amide bonds. The van der Waals surface area contributed by atoms with Gasteiger partial charge in [-0.2, -0.15) is 5.26 Å². The number of aryl methyl sites for hydroxylation is 1. The molecule has 0 bridgehead atoms. The van der Waals surface area contributed by atoms with Crippen molar-refractivity contribution < 1.29 is 14.7 Å². The Bertz CT molecular complexity index is 761. The Kier molecular flexibility index (Phi) is 5.11. The molecule has 1 N–H and O–H groups in total. The highest BCUT2D eigenvalue weighted by Gasteiger charge is 2.19. The molecule has 2 aromatic carbocycles. The summed E-state index contributed by atoms with van der Waals surface area (Å²) in [4.78, 5) is 25.0. The third-order valence-electron chi connectivity index (χ3n) is 3.38. The van der Waals surface area contributed by atoms with Crippen LogP contribution in [0.5, 0.6) is 0 Å². The fourth-order valence-corrected chi connectivity index (χ4v) is 2.15. The van der Waals surface area contributed by atoms with E-state index in [-0.39, 0.29) is 18.9 Å². The summed E-state index contributed by atoms with van der Waals surface area (Å²) in [6.07, 6.45) is -0.172. The molecule has 0 atom stereocenters. The van der Waals surface area contributed by atoms with Crippen LogP contribution in [0, 0.1) is 18.3 Å². The second kappa shape index (κ2) is 7.23. The van der Waals surface area contributed by atoms with E-state index in [1.54, 1.807) is 36.4 Å². The average Bonchev–Trinajstić information content (AvgIpc) is 2.55. The summed E-state index contributed by atoms with van der Waals surface area (Å²) in [5, 5.41) is 17.9. The molecule has 5 nitrogen and oxygen atoms in total. The molecule has 0 aromatic heterocycles.